The average Bonchev–Trinajstić information content (AvgIpc) is 2.38. The molecule has 2 N–H and O–H groups in total. The monoisotopic (exact) mass is 244 g/mol. The zero-order valence-electron chi connectivity index (χ0n) is 10.2. The van der Waals surface area contributed by atoms with E-state index < -0.39 is 0 Å². The summed E-state index contributed by atoms with van der Waals surface area (Å²) in [7, 11) is 0. The molecule has 0 saturated carbocycles. The van der Waals surface area contributed by atoms with Gasteiger partial charge in [0.1, 0.15) is 0 Å². The predicted octanol–water partition coefficient (Wildman–Crippen LogP) is 0.852. The molecule has 4 heteroatoms. The van der Waals surface area contributed by atoms with E-state index in [-0.39, 0.29) is 17.7 Å². The molecule has 0 radical (unpaired) electrons. The fourth-order valence-corrected chi connectivity index (χ4v) is 2.86. The van der Waals surface area contributed by atoms with Gasteiger partial charge in [-0.25, -0.2) is 0 Å². The number of amides is 2. The van der Waals surface area contributed by atoms with Crippen LogP contribution in [0, 0.1) is 0 Å². The summed E-state index contributed by atoms with van der Waals surface area (Å²) in [5, 5.41) is 5.78. The Kier molecular flexibility index (Phi) is 2.88. The number of carbonyl (C=O) groups excluding carboxylic acids is 2. The van der Waals surface area contributed by atoms with E-state index in [2.05, 4.69) is 16.7 Å². The minimum absolute atomic E-state index is 0.148. The lowest BCUT2D eigenvalue weighted by Gasteiger charge is -2.27. The van der Waals surface area contributed by atoms with Crippen LogP contribution in [0.2, 0.25) is 0 Å². The van der Waals surface area contributed by atoms with Gasteiger partial charge in [0.2, 0.25) is 11.8 Å². The topological polar surface area (TPSA) is 58.2 Å². The van der Waals surface area contributed by atoms with Crippen molar-refractivity contribution in [2.45, 2.75) is 31.7 Å². The molecule has 2 amide bonds. The van der Waals surface area contributed by atoms with Gasteiger partial charge in [-0.2, -0.15) is 0 Å². The van der Waals surface area contributed by atoms with E-state index in [4.69, 9.17) is 0 Å². The third-order valence-corrected chi connectivity index (χ3v) is 3.80. The Bertz CT molecular complexity index is 511. The first-order chi connectivity index (χ1) is 8.75. The number of piperidine rings is 1. The van der Waals surface area contributed by atoms with Crippen LogP contribution in [0.1, 0.15) is 35.4 Å². The predicted molar refractivity (Wildman–Crippen MR) is 67.0 cm³/mol. The second-order valence-electron chi connectivity index (χ2n) is 4.92. The molecule has 0 spiro atoms. The molecule has 2 heterocycles. The molecule has 1 atom stereocenters. The number of fused-ring (bicyclic) bond motifs is 1. The van der Waals surface area contributed by atoms with Crippen LogP contribution in [-0.2, 0) is 22.6 Å². The van der Waals surface area contributed by atoms with Crippen molar-refractivity contribution in [1.82, 2.24) is 10.6 Å². The normalized spacial score (nSPS) is 23.4. The average molecular weight is 244 g/mol. The van der Waals surface area contributed by atoms with Crippen LogP contribution < -0.4 is 10.6 Å². The summed E-state index contributed by atoms with van der Waals surface area (Å²) < 4.78 is 0. The zero-order chi connectivity index (χ0) is 12.5. The Morgan fingerprint density at radius 3 is 2.89 bits per heavy atom. The maximum atomic E-state index is 11.9. The van der Waals surface area contributed by atoms with Crippen LogP contribution in [0.25, 0.3) is 0 Å². The number of nitrogens with one attached hydrogen (secondary N) is 2. The first kappa shape index (κ1) is 11.4. The van der Waals surface area contributed by atoms with Crippen molar-refractivity contribution in [2.24, 2.45) is 0 Å². The van der Waals surface area contributed by atoms with Gasteiger partial charge in [0, 0.05) is 13.0 Å². The van der Waals surface area contributed by atoms with Crippen molar-refractivity contribution in [3.8, 4) is 0 Å². The second-order valence-corrected chi connectivity index (χ2v) is 4.92. The number of hydrogen-bond acceptors (Lipinski definition) is 3. The summed E-state index contributed by atoms with van der Waals surface area (Å²) in [5.41, 5.74) is 3.67. The Balaban J connectivity index is 1.97. The lowest BCUT2D eigenvalue weighted by Crippen LogP contribution is -2.40. The van der Waals surface area contributed by atoms with Gasteiger partial charge in [-0.3, -0.25) is 14.9 Å². The third-order valence-electron chi connectivity index (χ3n) is 3.80. The van der Waals surface area contributed by atoms with E-state index in [1.807, 2.05) is 12.1 Å². The van der Waals surface area contributed by atoms with E-state index in [1.54, 1.807) is 0 Å². The van der Waals surface area contributed by atoms with Gasteiger partial charge in [0.25, 0.3) is 0 Å². The summed E-state index contributed by atoms with van der Waals surface area (Å²) in [6.45, 7) is 1.81. The van der Waals surface area contributed by atoms with Crippen LogP contribution in [0.15, 0.2) is 18.2 Å². The largest absolute Gasteiger partial charge is 0.312 e. The summed E-state index contributed by atoms with van der Waals surface area (Å²) in [6.07, 6.45) is 2.07. The molecule has 94 valence electrons. The van der Waals surface area contributed by atoms with E-state index in [9.17, 15) is 9.59 Å². The molecule has 0 aliphatic carbocycles. The number of carbonyl (C=O) groups is 2. The summed E-state index contributed by atoms with van der Waals surface area (Å²) >= 11 is 0. The molecule has 0 bridgehead atoms. The van der Waals surface area contributed by atoms with Gasteiger partial charge in [0.15, 0.2) is 0 Å². The highest BCUT2D eigenvalue weighted by Gasteiger charge is 2.30. The maximum Gasteiger partial charge on any atom is 0.234 e. The molecular formula is C14H16N2O2. The summed E-state index contributed by atoms with van der Waals surface area (Å²) in [4.78, 5) is 23.1. The molecule has 2 aliphatic rings. The molecule has 1 aromatic rings. The first-order valence-corrected chi connectivity index (χ1v) is 6.41. The molecule has 1 fully saturated rings. The maximum absolute atomic E-state index is 11.9. The Labute approximate surface area is 106 Å². The van der Waals surface area contributed by atoms with Gasteiger partial charge in [-0.05, 0) is 36.1 Å². The highest BCUT2D eigenvalue weighted by molar-refractivity contribution is 6.01. The van der Waals surface area contributed by atoms with E-state index in [1.165, 1.54) is 11.1 Å². The van der Waals surface area contributed by atoms with Crippen molar-refractivity contribution >= 4 is 11.8 Å². The molecule has 0 aromatic heterocycles. The van der Waals surface area contributed by atoms with Gasteiger partial charge in [-0.1, -0.05) is 18.2 Å². The number of hydrogen-bond donors (Lipinski definition) is 2. The van der Waals surface area contributed by atoms with Crippen LogP contribution in [0.3, 0.4) is 0 Å². The smallest absolute Gasteiger partial charge is 0.234 e. The fourth-order valence-electron chi connectivity index (χ4n) is 2.86. The first-order valence-electron chi connectivity index (χ1n) is 6.41. The lowest BCUT2D eigenvalue weighted by molar-refractivity contribution is -0.134. The van der Waals surface area contributed by atoms with Crippen LogP contribution in [0.5, 0.6) is 0 Å². The number of benzene rings is 1. The SMILES string of the molecule is O=C1CCC(c2cccc3c2CNCC3)C(=O)N1. The number of imide groups is 1. The standard InChI is InChI=1S/C14H16N2O2/c17-13-5-4-11(14(18)16-13)10-3-1-2-9-6-7-15-8-12(9)10/h1-3,11,15H,4-8H2,(H,16,17,18). The van der Waals surface area contributed by atoms with Crippen LogP contribution in [-0.4, -0.2) is 18.4 Å². The van der Waals surface area contributed by atoms with Crippen LogP contribution >= 0.6 is 0 Å². The van der Waals surface area contributed by atoms with Gasteiger partial charge < -0.3 is 5.32 Å². The van der Waals surface area contributed by atoms with Crippen molar-refractivity contribution in [1.29, 1.82) is 0 Å². The molecule has 18 heavy (non-hydrogen) atoms. The van der Waals surface area contributed by atoms with Crippen molar-refractivity contribution in [3.05, 3.63) is 34.9 Å². The number of rotatable bonds is 1. The minimum Gasteiger partial charge on any atom is -0.312 e. The fraction of sp³-hybridized carbons (Fsp3) is 0.429. The Hall–Kier alpha value is -1.68. The molecule has 1 unspecified atom stereocenters. The highest BCUT2D eigenvalue weighted by Crippen LogP contribution is 2.30. The zero-order valence-corrected chi connectivity index (χ0v) is 10.2. The molecule has 2 aliphatic heterocycles. The summed E-state index contributed by atoms with van der Waals surface area (Å²) in [6, 6.07) is 6.17. The minimum atomic E-state index is -0.169. The van der Waals surface area contributed by atoms with Crippen LogP contribution in [0.4, 0.5) is 0 Å². The molecule has 3 rings (SSSR count). The Morgan fingerprint density at radius 2 is 2.06 bits per heavy atom. The molecular weight excluding hydrogens is 228 g/mol. The lowest BCUT2D eigenvalue weighted by atomic mass is 9.84. The van der Waals surface area contributed by atoms with E-state index in [0.29, 0.717) is 12.8 Å². The van der Waals surface area contributed by atoms with Crippen molar-refractivity contribution in [2.75, 3.05) is 6.54 Å². The van der Waals surface area contributed by atoms with E-state index >= 15 is 0 Å². The highest BCUT2D eigenvalue weighted by atomic mass is 16.2. The molecule has 1 aromatic carbocycles. The van der Waals surface area contributed by atoms with Gasteiger partial charge >= 0.3 is 0 Å². The molecule has 4 nitrogen and oxygen atoms in total. The van der Waals surface area contributed by atoms with Gasteiger partial charge in [0.05, 0.1) is 5.92 Å². The second kappa shape index (κ2) is 4.53. The third kappa shape index (κ3) is 1.93. The summed E-state index contributed by atoms with van der Waals surface area (Å²) in [5.74, 6) is -0.470. The van der Waals surface area contributed by atoms with Crippen molar-refractivity contribution in [3.63, 3.8) is 0 Å². The Morgan fingerprint density at radius 1 is 1.17 bits per heavy atom. The quantitative estimate of drug-likeness (QED) is 0.720. The van der Waals surface area contributed by atoms with Crippen molar-refractivity contribution < 1.29 is 9.59 Å². The molecule has 1 saturated heterocycles. The van der Waals surface area contributed by atoms with Gasteiger partial charge in [-0.15, -0.1) is 0 Å². The van der Waals surface area contributed by atoms with E-state index in [0.717, 1.165) is 25.1 Å².